The van der Waals surface area contributed by atoms with Crippen LogP contribution in [0.4, 0.5) is 0 Å². The van der Waals surface area contributed by atoms with E-state index < -0.39 is 154 Å². The number of carbonyl (C=O) groups is 2. The van der Waals surface area contributed by atoms with Gasteiger partial charge in [-0.05, 0) is 18.2 Å². The van der Waals surface area contributed by atoms with Gasteiger partial charge in [0.1, 0.15) is 109 Å². The Labute approximate surface area is 337 Å². The fraction of sp³-hybridized carbons (Fsp3) is 0.556. The zero-order chi connectivity index (χ0) is 43.7. The molecular weight excluding hydrogens is 816 g/mol. The third-order valence-corrected chi connectivity index (χ3v) is 10.0. The summed E-state index contributed by atoms with van der Waals surface area (Å²) in [5, 5.41) is 145. The SMILES string of the molecule is O=C(O)CC(=O)OC[C@H]1O[C@@H](OC2=Cc3c(O)cc(O)cc3OC2c2ccc(O[C@@H]3O[C@@H](CO)[C@@H](O)[C@H](O)[C@@H]3O)c(O)c2)[C@H](O)[C@@H](O[C@@H]2O[C@@H](CO)[C@@H](O)[C@H](O)[C@H]2O)[C@@H]1O. The zero-order valence-corrected chi connectivity index (χ0v) is 30.9. The highest BCUT2D eigenvalue weighted by Gasteiger charge is 2.52. The maximum atomic E-state index is 12.1. The summed E-state index contributed by atoms with van der Waals surface area (Å²) >= 11 is 0. The van der Waals surface area contributed by atoms with Crippen molar-refractivity contribution in [1.82, 2.24) is 0 Å². The van der Waals surface area contributed by atoms with Crippen LogP contribution in [-0.2, 0) is 38.0 Å². The molecule has 3 saturated heterocycles. The van der Waals surface area contributed by atoms with Crippen molar-refractivity contribution in [3.63, 3.8) is 0 Å². The summed E-state index contributed by atoms with van der Waals surface area (Å²) in [6.45, 7) is -2.50. The van der Waals surface area contributed by atoms with Crippen molar-refractivity contribution in [2.45, 2.75) is 105 Å². The van der Waals surface area contributed by atoms with E-state index in [9.17, 15) is 76.0 Å². The van der Waals surface area contributed by atoms with Crippen LogP contribution >= 0.6 is 0 Å². The highest BCUT2D eigenvalue weighted by molar-refractivity contribution is 5.90. The van der Waals surface area contributed by atoms with Gasteiger partial charge in [0.15, 0.2) is 23.9 Å². The summed E-state index contributed by atoms with van der Waals surface area (Å²) in [4.78, 5) is 23.2. The number of aliphatic carboxylic acids is 1. The molecule has 0 aliphatic carbocycles. The lowest BCUT2D eigenvalue weighted by molar-refractivity contribution is -0.357. The Morgan fingerprint density at radius 1 is 0.650 bits per heavy atom. The lowest BCUT2D eigenvalue weighted by Gasteiger charge is -2.46. The lowest BCUT2D eigenvalue weighted by atomic mass is 9.96. The number of esters is 1. The average molecular weight is 861 g/mol. The van der Waals surface area contributed by atoms with E-state index in [0.29, 0.717) is 0 Å². The largest absolute Gasteiger partial charge is 0.508 e. The lowest BCUT2D eigenvalue weighted by Crippen LogP contribution is -2.65. The van der Waals surface area contributed by atoms with Gasteiger partial charge in [0, 0.05) is 17.7 Å². The van der Waals surface area contributed by atoms with Crippen molar-refractivity contribution in [1.29, 1.82) is 0 Å². The van der Waals surface area contributed by atoms with Crippen LogP contribution in [0.25, 0.3) is 6.08 Å². The van der Waals surface area contributed by atoms with Gasteiger partial charge in [-0.1, -0.05) is 6.07 Å². The van der Waals surface area contributed by atoms with Gasteiger partial charge in [-0.25, -0.2) is 0 Å². The van der Waals surface area contributed by atoms with E-state index in [1.165, 1.54) is 12.1 Å². The Morgan fingerprint density at radius 3 is 1.87 bits per heavy atom. The number of hydrogen-bond acceptors (Lipinski definition) is 23. The first kappa shape index (κ1) is 44.9. The summed E-state index contributed by atoms with van der Waals surface area (Å²) < 4.78 is 44.8. The molecule has 0 aromatic heterocycles. The predicted octanol–water partition coefficient (Wildman–Crippen LogP) is -4.88. The van der Waals surface area contributed by atoms with Crippen molar-refractivity contribution in [2.24, 2.45) is 0 Å². The maximum Gasteiger partial charge on any atom is 0.317 e. The molecule has 60 heavy (non-hydrogen) atoms. The molecule has 0 bridgehead atoms. The van der Waals surface area contributed by atoms with Crippen molar-refractivity contribution < 1.29 is 119 Å². The summed E-state index contributed by atoms with van der Waals surface area (Å²) in [5.74, 6) is -5.17. The Bertz CT molecular complexity index is 1870. The normalized spacial score (nSPS) is 36.6. The molecule has 16 atom stereocenters. The van der Waals surface area contributed by atoms with Crippen LogP contribution in [0.15, 0.2) is 36.1 Å². The number of phenols is 3. The van der Waals surface area contributed by atoms with Crippen LogP contribution in [0.5, 0.6) is 28.7 Å². The van der Waals surface area contributed by atoms with E-state index in [0.717, 1.165) is 24.3 Å². The monoisotopic (exact) mass is 860 g/mol. The molecule has 332 valence electrons. The molecule has 0 radical (unpaired) electrons. The number of ether oxygens (including phenoxy) is 8. The van der Waals surface area contributed by atoms with Crippen molar-refractivity contribution in [2.75, 3.05) is 19.8 Å². The number of hydrogen-bond donors (Lipinski definition) is 14. The number of rotatable bonds is 13. The van der Waals surface area contributed by atoms with E-state index in [1.807, 2.05) is 0 Å². The molecule has 0 spiro atoms. The molecule has 24 heteroatoms. The standard InChI is InChI=1S/C36H44O24/c37-8-19-24(45)27(48)29(50)34(57-19)55-16-2-1-11(3-15(16)41)32-18(6-13-14(40)4-12(39)5-17(13)54-32)56-36-31(52)33(26(47)21(59-36)10-53-23(44)7-22(42)43)60-35-30(51)28(49)25(46)20(9-38)58-35/h1-6,19-21,24-41,45-52H,7-10H2,(H,42,43)/t19-,20-,21+,24+,25+,26+,27-,28-,29-,30+,31+,32?,33-,34+,35-,36+/m0/s1. The van der Waals surface area contributed by atoms with Crippen molar-refractivity contribution >= 4 is 18.0 Å². The van der Waals surface area contributed by atoms with Gasteiger partial charge in [0.2, 0.25) is 12.6 Å². The van der Waals surface area contributed by atoms with E-state index >= 15 is 0 Å². The van der Waals surface area contributed by atoms with E-state index in [-0.39, 0.29) is 28.4 Å². The van der Waals surface area contributed by atoms with Gasteiger partial charge in [-0.2, -0.15) is 0 Å². The summed E-state index contributed by atoms with van der Waals surface area (Å²) in [6, 6.07) is 5.62. The summed E-state index contributed by atoms with van der Waals surface area (Å²) in [6.07, 6.45) is -28.6. The second kappa shape index (κ2) is 18.5. The first-order valence-electron chi connectivity index (χ1n) is 18.2. The van der Waals surface area contributed by atoms with E-state index in [2.05, 4.69) is 0 Å². The van der Waals surface area contributed by atoms with Gasteiger partial charge < -0.3 is 109 Å². The Kier molecular flexibility index (Phi) is 13.9. The Balaban J connectivity index is 1.31. The molecule has 0 amide bonds. The summed E-state index contributed by atoms with van der Waals surface area (Å²) in [5.41, 5.74) is -0.0450. The summed E-state index contributed by atoms with van der Waals surface area (Å²) in [7, 11) is 0. The van der Waals surface area contributed by atoms with Crippen LogP contribution in [0.2, 0.25) is 0 Å². The predicted molar refractivity (Wildman–Crippen MR) is 187 cm³/mol. The van der Waals surface area contributed by atoms with Crippen LogP contribution in [0.3, 0.4) is 0 Å². The van der Waals surface area contributed by atoms with Gasteiger partial charge in [-0.15, -0.1) is 0 Å². The number of carbonyl (C=O) groups excluding carboxylic acids is 1. The number of aliphatic hydroxyl groups is 10. The van der Waals surface area contributed by atoms with Gasteiger partial charge in [0.05, 0.1) is 18.8 Å². The Morgan fingerprint density at radius 2 is 1.25 bits per heavy atom. The fourth-order valence-corrected chi connectivity index (χ4v) is 6.77. The first-order chi connectivity index (χ1) is 28.4. The minimum atomic E-state index is -2.10. The molecular formula is C36H44O24. The fourth-order valence-electron chi connectivity index (χ4n) is 6.77. The molecule has 2 aromatic carbocycles. The van der Waals surface area contributed by atoms with Gasteiger partial charge >= 0.3 is 11.9 Å². The van der Waals surface area contributed by atoms with Gasteiger partial charge in [-0.3, -0.25) is 9.59 Å². The molecule has 1 unspecified atom stereocenters. The van der Waals surface area contributed by atoms with Gasteiger partial charge in [0.25, 0.3) is 0 Å². The van der Waals surface area contributed by atoms with Crippen LogP contribution in [-0.4, -0.2) is 195 Å². The highest BCUT2D eigenvalue weighted by Crippen LogP contribution is 2.46. The van der Waals surface area contributed by atoms with E-state index in [1.54, 1.807) is 0 Å². The molecule has 4 aliphatic rings. The molecule has 0 saturated carbocycles. The number of aromatic hydroxyl groups is 3. The molecule has 24 nitrogen and oxygen atoms in total. The van der Waals surface area contributed by atoms with E-state index in [4.69, 9.17) is 43.0 Å². The number of carboxylic acid groups (broad SMARTS) is 1. The number of fused-ring (bicyclic) bond motifs is 1. The highest BCUT2D eigenvalue weighted by atomic mass is 16.7. The molecule has 4 aliphatic heterocycles. The topological polar surface area (TPSA) is 391 Å². The zero-order valence-electron chi connectivity index (χ0n) is 30.9. The van der Waals surface area contributed by atoms with Crippen LogP contribution < -0.4 is 9.47 Å². The quantitative estimate of drug-likeness (QED) is 0.0663. The molecule has 4 heterocycles. The average Bonchev–Trinajstić information content (AvgIpc) is 3.20. The molecule has 3 fully saturated rings. The van der Waals surface area contributed by atoms with Crippen molar-refractivity contribution in [3.8, 4) is 28.7 Å². The van der Waals surface area contributed by atoms with Crippen LogP contribution in [0.1, 0.15) is 23.7 Å². The molecule has 14 N–H and O–H groups in total. The van der Waals surface area contributed by atoms with Crippen molar-refractivity contribution in [3.05, 3.63) is 47.2 Å². The Hall–Kier alpha value is -4.64. The second-order valence-corrected chi connectivity index (χ2v) is 14.2. The first-order valence-corrected chi connectivity index (χ1v) is 18.2. The number of carboxylic acids is 1. The maximum absolute atomic E-state index is 12.1. The van der Waals surface area contributed by atoms with Crippen LogP contribution in [0, 0.1) is 0 Å². The minimum absolute atomic E-state index is 0.0342. The minimum Gasteiger partial charge on any atom is -0.508 e. The third-order valence-electron chi connectivity index (χ3n) is 10.0. The smallest absolute Gasteiger partial charge is 0.317 e. The molecule has 6 rings (SSSR count). The number of benzene rings is 2. The molecule has 2 aromatic rings. The second-order valence-electron chi connectivity index (χ2n) is 14.2. The third kappa shape index (κ3) is 9.31. The number of aliphatic hydroxyl groups excluding tert-OH is 10. The number of phenolic OH excluding ortho intramolecular Hbond substituents is 3.